The molecule has 1 aliphatic heterocycles. The molecule has 0 amide bonds. The number of fused-ring (bicyclic) bond motifs is 1. The second-order valence-corrected chi connectivity index (χ2v) is 7.60. The van der Waals surface area contributed by atoms with Gasteiger partial charge in [-0.2, -0.15) is 4.21 Å². The summed E-state index contributed by atoms with van der Waals surface area (Å²) in [4.78, 5) is 15.8. The molecule has 0 spiro atoms. The van der Waals surface area contributed by atoms with Crippen LogP contribution in [0.1, 0.15) is 22.0 Å². The molecule has 6 nitrogen and oxygen atoms in total. The van der Waals surface area contributed by atoms with Crippen molar-refractivity contribution in [3.63, 3.8) is 0 Å². The summed E-state index contributed by atoms with van der Waals surface area (Å²) in [5, 5.41) is 2.71. The van der Waals surface area contributed by atoms with Crippen LogP contribution in [0.15, 0.2) is 35.7 Å². The smallest absolute Gasteiger partial charge is 0.327 e. The van der Waals surface area contributed by atoms with Gasteiger partial charge in [0.1, 0.15) is 6.04 Å². The molecule has 9 heteroatoms. The van der Waals surface area contributed by atoms with E-state index < -0.39 is 17.4 Å². The molecule has 1 aromatic carbocycles. The van der Waals surface area contributed by atoms with Crippen LogP contribution in [0.4, 0.5) is 0 Å². The number of halogens is 1. The fraction of sp³-hybridized carbons (Fsp3) is 0.353. The SMILES string of the molecule is COC(=O)[C@@H](c1ccccc1Cl)N1CCc2sccc2C1.COS(=O)O. The molecule has 26 heavy (non-hydrogen) atoms. The van der Waals surface area contributed by atoms with Crippen LogP contribution >= 0.6 is 22.9 Å². The maximum absolute atomic E-state index is 12.3. The highest BCUT2D eigenvalue weighted by Crippen LogP contribution is 2.33. The maximum Gasteiger partial charge on any atom is 0.327 e. The Morgan fingerprint density at radius 2 is 2.04 bits per heavy atom. The minimum Gasteiger partial charge on any atom is -0.468 e. The topological polar surface area (TPSA) is 76.1 Å². The Kier molecular flexibility index (Phi) is 8.20. The Balaban J connectivity index is 0.000000431. The van der Waals surface area contributed by atoms with Crippen LogP contribution in [0.25, 0.3) is 0 Å². The molecule has 3 rings (SSSR count). The van der Waals surface area contributed by atoms with E-state index in [0.29, 0.717) is 5.02 Å². The van der Waals surface area contributed by atoms with Crippen molar-refractivity contribution < 1.29 is 22.5 Å². The van der Waals surface area contributed by atoms with Gasteiger partial charge in [0, 0.05) is 23.0 Å². The Hall–Kier alpha value is -1.29. The molecule has 0 bridgehead atoms. The van der Waals surface area contributed by atoms with E-state index in [-0.39, 0.29) is 5.97 Å². The van der Waals surface area contributed by atoms with Gasteiger partial charge in [0.2, 0.25) is 0 Å². The highest BCUT2D eigenvalue weighted by atomic mass is 35.5. The summed E-state index contributed by atoms with van der Waals surface area (Å²) in [7, 11) is 2.57. The lowest BCUT2D eigenvalue weighted by molar-refractivity contribution is -0.147. The first-order valence-corrected chi connectivity index (χ1v) is 10.0. The maximum atomic E-state index is 12.3. The Labute approximate surface area is 164 Å². The first-order valence-electron chi connectivity index (χ1n) is 7.74. The number of benzene rings is 1. The van der Waals surface area contributed by atoms with Crippen molar-refractivity contribution in [1.29, 1.82) is 0 Å². The minimum absolute atomic E-state index is 0.262. The molecule has 0 fully saturated rings. The quantitative estimate of drug-likeness (QED) is 0.606. The molecule has 2 heterocycles. The zero-order chi connectivity index (χ0) is 19.1. The standard InChI is InChI=1S/C16H16ClNO2S.CH4O3S/c1-20-16(19)15(12-4-2-3-5-13(12)17)18-8-6-14-11(10-18)7-9-21-14;1-4-5(2)3/h2-5,7,9,15H,6,8,10H2,1H3;1H3,(H,2,3)/t15-;/m1./s1. The van der Waals surface area contributed by atoms with Gasteiger partial charge in [-0.05, 0) is 35.1 Å². The number of hydrogen-bond donors (Lipinski definition) is 1. The number of thiophene rings is 1. The molecule has 1 N–H and O–H groups in total. The summed E-state index contributed by atoms with van der Waals surface area (Å²) in [5.74, 6) is -0.262. The van der Waals surface area contributed by atoms with Crippen molar-refractivity contribution in [1.82, 2.24) is 4.90 Å². The van der Waals surface area contributed by atoms with Crippen LogP contribution in [0, 0.1) is 0 Å². The van der Waals surface area contributed by atoms with Crippen LogP contribution in [-0.2, 0) is 38.0 Å². The van der Waals surface area contributed by atoms with Crippen molar-refractivity contribution in [2.45, 2.75) is 19.0 Å². The lowest BCUT2D eigenvalue weighted by Gasteiger charge is -2.33. The van der Waals surface area contributed by atoms with Gasteiger partial charge in [0.25, 0.3) is 0 Å². The number of rotatable bonds is 4. The van der Waals surface area contributed by atoms with Crippen LogP contribution in [0.5, 0.6) is 0 Å². The summed E-state index contributed by atoms with van der Waals surface area (Å²) in [6.07, 6.45) is 0.963. The largest absolute Gasteiger partial charge is 0.468 e. The van der Waals surface area contributed by atoms with Gasteiger partial charge in [-0.15, -0.1) is 11.3 Å². The summed E-state index contributed by atoms with van der Waals surface area (Å²) in [6.45, 7) is 1.59. The normalized spacial score (nSPS) is 16.0. The van der Waals surface area contributed by atoms with Crippen LogP contribution in [0.3, 0.4) is 0 Å². The van der Waals surface area contributed by atoms with Gasteiger partial charge in [-0.1, -0.05) is 29.8 Å². The molecule has 0 saturated carbocycles. The molecule has 1 aromatic heterocycles. The molecule has 0 saturated heterocycles. The van der Waals surface area contributed by atoms with Crippen LogP contribution < -0.4 is 0 Å². The van der Waals surface area contributed by atoms with Gasteiger partial charge in [0.15, 0.2) is 0 Å². The summed E-state index contributed by atoms with van der Waals surface area (Å²) in [6, 6.07) is 9.16. The molecule has 142 valence electrons. The molecule has 2 aromatic rings. The molecule has 0 aliphatic carbocycles. The summed E-state index contributed by atoms with van der Waals surface area (Å²) >= 11 is 6.00. The number of ether oxygens (including phenoxy) is 1. The second-order valence-electron chi connectivity index (χ2n) is 5.42. The fourth-order valence-electron chi connectivity index (χ4n) is 2.77. The highest BCUT2D eigenvalue weighted by Gasteiger charge is 2.32. The van der Waals surface area contributed by atoms with Crippen molar-refractivity contribution in [2.75, 3.05) is 20.8 Å². The highest BCUT2D eigenvalue weighted by molar-refractivity contribution is 7.74. The molecule has 0 radical (unpaired) electrons. The monoisotopic (exact) mass is 417 g/mol. The van der Waals surface area contributed by atoms with Crippen LogP contribution in [-0.4, -0.2) is 40.4 Å². The van der Waals surface area contributed by atoms with Crippen LogP contribution in [0.2, 0.25) is 5.02 Å². The number of carbonyl (C=O) groups is 1. The van der Waals surface area contributed by atoms with E-state index in [1.54, 1.807) is 11.3 Å². The second kappa shape index (κ2) is 10.1. The van der Waals surface area contributed by atoms with E-state index in [1.165, 1.54) is 17.6 Å². The molecular formula is C17H20ClNO5S2. The average molecular weight is 418 g/mol. The zero-order valence-electron chi connectivity index (χ0n) is 14.4. The van der Waals surface area contributed by atoms with Crippen molar-refractivity contribution >= 4 is 40.3 Å². The summed E-state index contributed by atoms with van der Waals surface area (Å²) in [5.41, 5.74) is 2.11. The average Bonchev–Trinajstić information content (AvgIpc) is 3.11. The van der Waals surface area contributed by atoms with Gasteiger partial charge in [-0.3, -0.25) is 13.6 Å². The molecular weight excluding hydrogens is 398 g/mol. The van der Waals surface area contributed by atoms with Gasteiger partial charge in [-0.25, -0.2) is 4.79 Å². The Morgan fingerprint density at radius 1 is 1.35 bits per heavy atom. The first-order chi connectivity index (χ1) is 12.5. The van der Waals surface area contributed by atoms with Crippen molar-refractivity contribution in [2.24, 2.45) is 0 Å². The van der Waals surface area contributed by atoms with Crippen molar-refractivity contribution in [3.05, 3.63) is 56.7 Å². The van der Waals surface area contributed by atoms with E-state index in [9.17, 15) is 9.00 Å². The Morgan fingerprint density at radius 3 is 2.65 bits per heavy atom. The lowest BCUT2D eigenvalue weighted by Crippen LogP contribution is -2.38. The number of esters is 1. The molecule has 1 aliphatic rings. The zero-order valence-corrected chi connectivity index (χ0v) is 16.8. The van der Waals surface area contributed by atoms with E-state index in [2.05, 4.69) is 20.5 Å². The summed E-state index contributed by atoms with van der Waals surface area (Å²) < 4.78 is 25.7. The van der Waals surface area contributed by atoms with E-state index in [1.807, 2.05) is 24.3 Å². The first kappa shape index (κ1) is 21.0. The van der Waals surface area contributed by atoms with Gasteiger partial charge >= 0.3 is 17.3 Å². The van der Waals surface area contributed by atoms with Gasteiger partial charge < -0.3 is 4.74 Å². The third-order valence-electron chi connectivity index (χ3n) is 3.97. The third kappa shape index (κ3) is 5.35. The fourth-order valence-corrected chi connectivity index (χ4v) is 3.90. The lowest BCUT2D eigenvalue weighted by atomic mass is 10.0. The predicted molar refractivity (Wildman–Crippen MR) is 102 cm³/mol. The number of hydrogen-bond acceptors (Lipinski definition) is 6. The minimum atomic E-state index is -2.07. The number of carbonyl (C=O) groups excluding carboxylic acids is 1. The molecule has 2 atom stereocenters. The Bertz CT molecular complexity index is 767. The van der Waals surface area contributed by atoms with Gasteiger partial charge in [0.05, 0.1) is 14.2 Å². The van der Waals surface area contributed by atoms with Crippen molar-refractivity contribution in [3.8, 4) is 0 Å². The number of nitrogens with zero attached hydrogens (tertiary/aromatic N) is 1. The van der Waals surface area contributed by atoms with E-state index in [0.717, 1.165) is 32.2 Å². The molecule has 1 unspecified atom stereocenters. The number of methoxy groups -OCH3 is 1. The van der Waals surface area contributed by atoms with E-state index in [4.69, 9.17) is 20.9 Å². The van der Waals surface area contributed by atoms with E-state index >= 15 is 0 Å². The predicted octanol–water partition coefficient (Wildman–Crippen LogP) is 3.44. The third-order valence-corrected chi connectivity index (χ3v) is 5.62.